The monoisotopic (exact) mass is 578 g/mol. The van der Waals surface area contributed by atoms with E-state index in [1.807, 2.05) is 55.5 Å². The Morgan fingerprint density at radius 1 is 0.907 bits per heavy atom. The van der Waals surface area contributed by atoms with E-state index in [1.54, 1.807) is 0 Å². The number of Topliss-reactive ketones (excluding diaryl/α,β-unsaturated/α-hetero) is 1. The van der Waals surface area contributed by atoms with Gasteiger partial charge in [-0.15, -0.1) is 0 Å². The number of ether oxygens (including phenoxy) is 1. The van der Waals surface area contributed by atoms with Crippen molar-refractivity contribution in [2.24, 2.45) is 11.1 Å². The van der Waals surface area contributed by atoms with Crippen LogP contribution in [0.25, 0.3) is 21.8 Å². The van der Waals surface area contributed by atoms with Crippen LogP contribution in [0.4, 0.5) is 0 Å². The maximum Gasteiger partial charge on any atom is 0.240 e. The Hall–Kier alpha value is -3.93. The molecule has 6 heteroatoms. The van der Waals surface area contributed by atoms with Crippen molar-refractivity contribution in [2.45, 2.75) is 96.6 Å². The zero-order chi connectivity index (χ0) is 29.9. The zero-order valence-electron chi connectivity index (χ0n) is 25.4. The van der Waals surface area contributed by atoms with E-state index < -0.39 is 5.92 Å². The number of benzene rings is 3. The van der Waals surface area contributed by atoms with E-state index in [2.05, 4.69) is 28.8 Å². The van der Waals surface area contributed by atoms with Crippen molar-refractivity contribution in [3.8, 4) is 0 Å². The number of carbonyl (C=O) groups is 2. The van der Waals surface area contributed by atoms with Gasteiger partial charge in [-0.05, 0) is 86.9 Å². The summed E-state index contributed by atoms with van der Waals surface area (Å²) >= 11 is 0. The number of oxime groups is 1. The highest BCUT2D eigenvalue weighted by atomic mass is 16.5. The Bertz CT molecular complexity index is 1670. The van der Waals surface area contributed by atoms with Crippen LogP contribution in [0.2, 0.25) is 0 Å². The van der Waals surface area contributed by atoms with Gasteiger partial charge in [0.1, 0.15) is 17.8 Å². The summed E-state index contributed by atoms with van der Waals surface area (Å²) in [5.74, 6) is -0.249. The number of fused-ring (bicyclic) bond motifs is 3. The van der Waals surface area contributed by atoms with Crippen LogP contribution in [0, 0.1) is 12.8 Å². The first-order valence-corrected chi connectivity index (χ1v) is 16.1. The van der Waals surface area contributed by atoms with E-state index in [9.17, 15) is 14.8 Å². The van der Waals surface area contributed by atoms with E-state index in [-0.39, 0.29) is 23.6 Å². The fourth-order valence-electron chi connectivity index (χ4n) is 7.35. The molecule has 2 aliphatic carbocycles. The summed E-state index contributed by atoms with van der Waals surface area (Å²) in [5, 5.41) is 15.8. The third kappa shape index (κ3) is 5.84. The predicted molar refractivity (Wildman–Crippen MR) is 171 cm³/mol. The SMILES string of the molecule is CCn1c2ccc(C(=O)c3ccccc3C)cc2c2cc(C(C(=O)CC3CCCC3)C(=NO)OC3CCCCC3)ccc21. The molecular weight excluding hydrogens is 536 g/mol. The number of hydrogen-bond donors (Lipinski definition) is 1. The van der Waals surface area contributed by atoms with E-state index in [4.69, 9.17) is 4.74 Å². The molecule has 2 saturated carbocycles. The Morgan fingerprint density at radius 2 is 1.58 bits per heavy atom. The minimum atomic E-state index is -0.770. The second-order valence-corrected chi connectivity index (χ2v) is 12.5. The molecule has 2 aliphatic rings. The van der Waals surface area contributed by atoms with Crippen LogP contribution in [-0.2, 0) is 16.1 Å². The average Bonchev–Trinajstić information content (AvgIpc) is 3.66. The first-order valence-electron chi connectivity index (χ1n) is 16.1. The van der Waals surface area contributed by atoms with Gasteiger partial charge < -0.3 is 14.5 Å². The molecule has 0 saturated heterocycles. The first kappa shape index (κ1) is 29.2. The number of aryl methyl sites for hydroxylation is 2. The van der Waals surface area contributed by atoms with Crippen LogP contribution < -0.4 is 0 Å². The highest BCUT2D eigenvalue weighted by Crippen LogP contribution is 2.36. The number of carbonyl (C=O) groups excluding carboxylic acids is 2. The first-order chi connectivity index (χ1) is 21.0. The summed E-state index contributed by atoms with van der Waals surface area (Å²) in [7, 11) is 0. The molecule has 6 nitrogen and oxygen atoms in total. The summed E-state index contributed by atoms with van der Waals surface area (Å²) in [6, 6.07) is 19.7. The lowest BCUT2D eigenvalue weighted by Gasteiger charge is -2.26. The second kappa shape index (κ2) is 12.7. The maximum atomic E-state index is 14.0. The number of ketones is 2. The van der Waals surface area contributed by atoms with Crippen LogP contribution >= 0.6 is 0 Å². The van der Waals surface area contributed by atoms with Gasteiger partial charge in [0.15, 0.2) is 5.78 Å². The third-order valence-electron chi connectivity index (χ3n) is 9.66. The number of rotatable bonds is 9. The minimum absolute atomic E-state index is 0.00578. The lowest BCUT2D eigenvalue weighted by atomic mass is 9.87. The maximum absolute atomic E-state index is 14.0. The normalized spacial score (nSPS) is 17.5. The van der Waals surface area contributed by atoms with E-state index in [0.29, 0.717) is 23.5 Å². The van der Waals surface area contributed by atoms with Crippen molar-refractivity contribution >= 4 is 39.3 Å². The molecule has 1 unspecified atom stereocenters. The van der Waals surface area contributed by atoms with Gasteiger partial charge in [0, 0.05) is 45.9 Å². The van der Waals surface area contributed by atoms with E-state index in [0.717, 1.165) is 90.8 Å². The van der Waals surface area contributed by atoms with Gasteiger partial charge in [-0.1, -0.05) is 67.6 Å². The number of hydrogen-bond acceptors (Lipinski definition) is 5. The molecule has 4 aromatic rings. The quantitative estimate of drug-likeness (QED) is 0.0708. The van der Waals surface area contributed by atoms with Gasteiger partial charge in [0.05, 0.1) is 0 Å². The fourth-order valence-corrected chi connectivity index (χ4v) is 7.35. The summed E-state index contributed by atoms with van der Waals surface area (Å²) in [4.78, 5) is 27.6. The largest absolute Gasteiger partial charge is 0.475 e. The molecule has 1 heterocycles. The van der Waals surface area contributed by atoms with Crippen molar-refractivity contribution in [1.29, 1.82) is 0 Å². The lowest BCUT2D eigenvalue weighted by Crippen LogP contribution is -2.30. The van der Waals surface area contributed by atoms with E-state index in [1.165, 1.54) is 6.42 Å². The molecule has 0 spiro atoms. The molecule has 0 aliphatic heterocycles. The Labute approximate surface area is 253 Å². The van der Waals surface area contributed by atoms with Gasteiger partial charge in [0.2, 0.25) is 5.90 Å². The molecule has 1 aromatic heterocycles. The van der Waals surface area contributed by atoms with Crippen LogP contribution in [0.5, 0.6) is 0 Å². The Kier molecular flexibility index (Phi) is 8.64. The topological polar surface area (TPSA) is 80.9 Å². The van der Waals surface area contributed by atoms with E-state index >= 15 is 0 Å². The van der Waals surface area contributed by atoms with Crippen LogP contribution in [0.15, 0.2) is 65.8 Å². The van der Waals surface area contributed by atoms with Crippen LogP contribution in [0.3, 0.4) is 0 Å². The highest BCUT2D eigenvalue weighted by molar-refractivity contribution is 6.16. The second-order valence-electron chi connectivity index (χ2n) is 12.5. The summed E-state index contributed by atoms with van der Waals surface area (Å²) in [6.45, 7) is 4.84. The van der Waals surface area contributed by atoms with Crippen molar-refractivity contribution < 1.29 is 19.5 Å². The summed E-state index contributed by atoms with van der Waals surface area (Å²) in [6.07, 6.45) is 10.0. The third-order valence-corrected chi connectivity index (χ3v) is 9.66. The number of nitrogens with zero attached hydrogens (tertiary/aromatic N) is 2. The molecule has 0 amide bonds. The van der Waals surface area contributed by atoms with Gasteiger partial charge >= 0.3 is 0 Å². The smallest absolute Gasteiger partial charge is 0.240 e. The molecule has 6 rings (SSSR count). The fraction of sp³-hybridized carbons (Fsp3) is 0.432. The van der Waals surface area contributed by atoms with Crippen molar-refractivity contribution in [2.75, 3.05) is 0 Å². The predicted octanol–water partition coefficient (Wildman–Crippen LogP) is 8.72. The molecule has 224 valence electrons. The van der Waals surface area contributed by atoms with Crippen LogP contribution in [-0.4, -0.2) is 33.3 Å². The minimum Gasteiger partial charge on any atom is -0.475 e. The van der Waals surface area contributed by atoms with Gasteiger partial charge in [-0.2, -0.15) is 0 Å². The van der Waals surface area contributed by atoms with Gasteiger partial charge in [-0.3, -0.25) is 9.59 Å². The summed E-state index contributed by atoms with van der Waals surface area (Å²) in [5.41, 5.74) is 5.13. The van der Waals surface area contributed by atoms with Crippen LogP contribution in [0.1, 0.15) is 104 Å². The Morgan fingerprint density at radius 3 is 2.28 bits per heavy atom. The van der Waals surface area contributed by atoms with Gasteiger partial charge in [-0.25, -0.2) is 0 Å². The van der Waals surface area contributed by atoms with Crippen molar-refractivity contribution in [3.05, 3.63) is 82.9 Å². The number of aromatic nitrogens is 1. The molecule has 1 atom stereocenters. The zero-order valence-corrected chi connectivity index (χ0v) is 25.4. The van der Waals surface area contributed by atoms with Gasteiger partial charge in [0.25, 0.3) is 0 Å². The average molecular weight is 579 g/mol. The van der Waals surface area contributed by atoms with Crippen molar-refractivity contribution in [1.82, 2.24) is 4.57 Å². The molecule has 43 heavy (non-hydrogen) atoms. The summed E-state index contributed by atoms with van der Waals surface area (Å²) < 4.78 is 8.55. The standard InChI is InChI=1S/C37H42N2O4/c1-3-39-32-19-17-26(22-30(32)31-23-27(18-20-33(31)39)36(41)29-16-10-7-11-24(29)2)35(34(40)21-25-12-8-9-13-25)37(38-42)43-28-14-5-4-6-15-28/h7,10-11,16-20,22-23,25,28,35,42H,3-6,8-9,12-15,21H2,1-2H3. The molecular formula is C37H42N2O4. The molecule has 0 bridgehead atoms. The van der Waals surface area contributed by atoms with Crippen molar-refractivity contribution in [3.63, 3.8) is 0 Å². The Balaban J connectivity index is 1.44. The molecule has 2 fully saturated rings. The lowest BCUT2D eigenvalue weighted by molar-refractivity contribution is -0.120. The molecule has 3 aromatic carbocycles. The molecule has 0 radical (unpaired) electrons. The highest BCUT2D eigenvalue weighted by Gasteiger charge is 2.33. The molecule has 1 N–H and O–H groups in total.